The molecule has 0 saturated carbocycles. The zero-order valence-corrected chi connectivity index (χ0v) is 10.8. The Morgan fingerprint density at radius 1 is 1.45 bits per heavy atom. The standard InChI is InChI=1S/C12H15FN4O3/c13-10-2-1-9(7-11(10)17(19)20)15-12(18)8-16-5-3-14-4-6-16/h1-2,7,14H,3-6,8H2,(H,15,18). The lowest BCUT2D eigenvalue weighted by Crippen LogP contribution is -2.46. The van der Waals surface area contributed by atoms with Crippen LogP contribution in [0.1, 0.15) is 0 Å². The molecule has 8 heteroatoms. The molecule has 7 nitrogen and oxygen atoms in total. The van der Waals surface area contributed by atoms with Gasteiger partial charge in [-0.1, -0.05) is 0 Å². The molecule has 1 aromatic rings. The molecule has 2 rings (SSSR count). The number of piperazine rings is 1. The smallest absolute Gasteiger partial charge is 0.306 e. The first-order valence-electron chi connectivity index (χ1n) is 6.23. The van der Waals surface area contributed by atoms with Gasteiger partial charge in [-0.05, 0) is 12.1 Å². The minimum Gasteiger partial charge on any atom is -0.325 e. The van der Waals surface area contributed by atoms with Gasteiger partial charge in [-0.15, -0.1) is 0 Å². The maximum atomic E-state index is 13.2. The Balaban J connectivity index is 1.96. The minimum atomic E-state index is -0.921. The van der Waals surface area contributed by atoms with E-state index in [1.54, 1.807) is 0 Å². The van der Waals surface area contributed by atoms with E-state index in [9.17, 15) is 19.3 Å². The molecule has 1 fully saturated rings. The summed E-state index contributed by atoms with van der Waals surface area (Å²) < 4.78 is 13.2. The lowest BCUT2D eigenvalue weighted by Gasteiger charge is -2.26. The Kier molecular flexibility index (Phi) is 4.59. The molecular weight excluding hydrogens is 267 g/mol. The first kappa shape index (κ1) is 14.4. The molecule has 1 saturated heterocycles. The molecular formula is C12H15FN4O3. The topological polar surface area (TPSA) is 87.5 Å². The van der Waals surface area contributed by atoms with E-state index in [2.05, 4.69) is 10.6 Å². The van der Waals surface area contributed by atoms with Crippen LogP contribution >= 0.6 is 0 Å². The Hall–Kier alpha value is -2.06. The van der Waals surface area contributed by atoms with Crippen molar-refractivity contribution in [2.75, 3.05) is 38.0 Å². The number of nitro groups is 1. The van der Waals surface area contributed by atoms with Crippen molar-refractivity contribution in [3.8, 4) is 0 Å². The van der Waals surface area contributed by atoms with Crippen LogP contribution in [0.3, 0.4) is 0 Å². The van der Waals surface area contributed by atoms with Crippen molar-refractivity contribution in [3.63, 3.8) is 0 Å². The molecule has 1 heterocycles. The third kappa shape index (κ3) is 3.72. The molecule has 0 bridgehead atoms. The fourth-order valence-corrected chi connectivity index (χ4v) is 2.00. The largest absolute Gasteiger partial charge is 0.325 e. The van der Waals surface area contributed by atoms with Gasteiger partial charge >= 0.3 is 5.69 Å². The Morgan fingerprint density at radius 3 is 2.80 bits per heavy atom. The predicted molar refractivity (Wildman–Crippen MR) is 71.0 cm³/mol. The van der Waals surface area contributed by atoms with Crippen LogP contribution in [0.4, 0.5) is 15.8 Å². The van der Waals surface area contributed by atoms with E-state index in [4.69, 9.17) is 0 Å². The summed E-state index contributed by atoms with van der Waals surface area (Å²) in [7, 11) is 0. The lowest BCUT2D eigenvalue weighted by atomic mass is 10.2. The van der Waals surface area contributed by atoms with Gasteiger partial charge in [-0.2, -0.15) is 4.39 Å². The molecule has 1 amide bonds. The van der Waals surface area contributed by atoms with Gasteiger partial charge < -0.3 is 10.6 Å². The quantitative estimate of drug-likeness (QED) is 0.623. The molecule has 0 aromatic heterocycles. The number of rotatable bonds is 4. The van der Waals surface area contributed by atoms with Crippen molar-refractivity contribution >= 4 is 17.3 Å². The predicted octanol–water partition coefficient (Wildman–Crippen LogP) is 0.578. The molecule has 1 aliphatic rings. The van der Waals surface area contributed by atoms with Crippen molar-refractivity contribution in [3.05, 3.63) is 34.1 Å². The number of carbonyl (C=O) groups excluding carboxylic acids is 1. The average Bonchev–Trinajstić information content (AvgIpc) is 2.41. The molecule has 108 valence electrons. The van der Waals surface area contributed by atoms with E-state index >= 15 is 0 Å². The number of halogens is 1. The van der Waals surface area contributed by atoms with Crippen molar-refractivity contribution in [1.29, 1.82) is 0 Å². The molecule has 0 aliphatic carbocycles. The number of benzene rings is 1. The van der Waals surface area contributed by atoms with E-state index in [-0.39, 0.29) is 18.1 Å². The fraction of sp³-hybridized carbons (Fsp3) is 0.417. The summed E-state index contributed by atoms with van der Waals surface area (Å²) in [5.74, 6) is -1.19. The molecule has 0 spiro atoms. The number of amides is 1. The van der Waals surface area contributed by atoms with Crippen molar-refractivity contribution in [2.45, 2.75) is 0 Å². The Labute approximate surface area is 114 Å². The zero-order chi connectivity index (χ0) is 14.5. The first-order valence-corrected chi connectivity index (χ1v) is 6.23. The lowest BCUT2D eigenvalue weighted by molar-refractivity contribution is -0.387. The number of hydrogen-bond donors (Lipinski definition) is 2. The molecule has 2 N–H and O–H groups in total. The van der Waals surface area contributed by atoms with Crippen LogP contribution in [0.15, 0.2) is 18.2 Å². The van der Waals surface area contributed by atoms with Crippen LogP contribution in [0.2, 0.25) is 0 Å². The Bertz CT molecular complexity index is 517. The summed E-state index contributed by atoms with van der Waals surface area (Å²) in [6.45, 7) is 3.42. The molecule has 0 radical (unpaired) electrons. The zero-order valence-electron chi connectivity index (χ0n) is 10.8. The number of nitro benzene ring substituents is 1. The summed E-state index contributed by atoms with van der Waals surface area (Å²) in [6.07, 6.45) is 0. The van der Waals surface area contributed by atoms with E-state index in [0.717, 1.165) is 38.3 Å². The summed E-state index contributed by atoms with van der Waals surface area (Å²) in [5, 5.41) is 16.3. The van der Waals surface area contributed by atoms with Crippen LogP contribution in [-0.4, -0.2) is 48.5 Å². The van der Waals surface area contributed by atoms with E-state index in [1.165, 1.54) is 6.07 Å². The molecule has 0 unspecified atom stereocenters. The fourth-order valence-electron chi connectivity index (χ4n) is 2.00. The summed E-state index contributed by atoms with van der Waals surface area (Å²) in [6, 6.07) is 3.29. The van der Waals surface area contributed by atoms with Gasteiger partial charge in [0.05, 0.1) is 11.5 Å². The first-order chi connectivity index (χ1) is 9.56. The van der Waals surface area contributed by atoms with Gasteiger partial charge in [0.1, 0.15) is 0 Å². The third-order valence-corrected chi connectivity index (χ3v) is 3.00. The summed E-state index contributed by atoms with van der Waals surface area (Å²) in [4.78, 5) is 23.6. The highest BCUT2D eigenvalue weighted by Gasteiger charge is 2.17. The van der Waals surface area contributed by atoms with Crippen LogP contribution in [0.5, 0.6) is 0 Å². The second-order valence-corrected chi connectivity index (χ2v) is 4.50. The number of hydrogen-bond acceptors (Lipinski definition) is 5. The van der Waals surface area contributed by atoms with E-state index < -0.39 is 16.4 Å². The van der Waals surface area contributed by atoms with Gasteiger partial charge in [0.2, 0.25) is 11.7 Å². The van der Waals surface area contributed by atoms with Crippen molar-refractivity contribution in [1.82, 2.24) is 10.2 Å². The Morgan fingerprint density at radius 2 is 2.15 bits per heavy atom. The molecule has 1 aromatic carbocycles. The van der Waals surface area contributed by atoms with Gasteiger partial charge in [-0.25, -0.2) is 0 Å². The van der Waals surface area contributed by atoms with Gasteiger partial charge in [0, 0.05) is 37.9 Å². The minimum absolute atomic E-state index is 0.215. The second-order valence-electron chi connectivity index (χ2n) is 4.50. The van der Waals surface area contributed by atoms with Crippen molar-refractivity contribution < 1.29 is 14.1 Å². The van der Waals surface area contributed by atoms with E-state index in [1.807, 2.05) is 4.90 Å². The maximum absolute atomic E-state index is 13.2. The van der Waals surface area contributed by atoms with Crippen LogP contribution < -0.4 is 10.6 Å². The maximum Gasteiger partial charge on any atom is 0.306 e. The summed E-state index contributed by atoms with van der Waals surface area (Å²) in [5.41, 5.74) is -0.428. The number of carbonyl (C=O) groups is 1. The van der Waals surface area contributed by atoms with E-state index in [0.29, 0.717) is 0 Å². The van der Waals surface area contributed by atoms with Gasteiger partial charge in [0.15, 0.2) is 0 Å². The number of nitrogens with zero attached hydrogens (tertiary/aromatic N) is 2. The normalized spacial score (nSPS) is 15.8. The molecule has 20 heavy (non-hydrogen) atoms. The number of anilines is 1. The second kappa shape index (κ2) is 6.40. The molecule has 1 aliphatic heterocycles. The van der Waals surface area contributed by atoms with Crippen molar-refractivity contribution in [2.24, 2.45) is 0 Å². The third-order valence-electron chi connectivity index (χ3n) is 3.00. The highest BCUT2D eigenvalue weighted by Crippen LogP contribution is 2.21. The highest BCUT2D eigenvalue weighted by atomic mass is 19.1. The monoisotopic (exact) mass is 282 g/mol. The van der Waals surface area contributed by atoms with Crippen LogP contribution in [-0.2, 0) is 4.79 Å². The average molecular weight is 282 g/mol. The summed E-state index contributed by atoms with van der Waals surface area (Å²) >= 11 is 0. The highest BCUT2D eigenvalue weighted by molar-refractivity contribution is 5.92. The van der Waals surface area contributed by atoms with Gasteiger partial charge in [-0.3, -0.25) is 19.8 Å². The molecule has 0 atom stereocenters. The SMILES string of the molecule is O=C(CN1CCNCC1)Nc1ccc(F)c([N+](=O)[O-])c1. The van der Waals surface area contributed by atoms with Crippen LogP contribution in [0.25, 0.3) is 0 Å². The van der Waals surface area contributed by atoms with Crippen LogP contribution in [0, 0.1) is 15.9 Å². The van der Waals surface area contributed by atoms with Gasteiger partial charge in [0.25, 0.3) is 0 Å². The number of nitrogens with one attached hydrogen (secondary N) is 2.